The molecule has 2 aromatic rings. The molecule has 0 spiro atoms. The second-order valence-corrected chi connectivity index (χ2v) is 8.10. The number of aromatic nitrogens is 1. The molecule has 2 aliphatic heterocycles. The third-order valence-electron chi connectivity index (χ3n) is 5.93. The Labute approximate surface area is 189 Å². The number of aliphatic imine (C=N–C) groups is 1. The van der Waals surface area contributed by atoms with Gasteiger partial charge in [-0.25, -0.2) is 18.8 Å². The first-order chi connectivity index (χ1) is 15.8. The molecule has 1 fully saturated rings. The van der Waals surface area contributed by atoms with E-state index in [-0.39, 0.29) is 23.4 Å². The van der Waals surface area contributed by atoms with Gasteiger partial charge in [-0.05, 0) is 25.1 Å². The SMILES string of the molecule is CNC(=O)c1ccc(N2CCN(Cc3ccc4c(c3F)CC(=O)C([C@H](C)F)=N4)CC2)c(F)n1. The molecule has 1 atom stereocenters. The monoisotopic (exact) mass is 459 g/mol. The topological polar surface area (TPSA) is 77.9 Å². The summed E-state index contributed by atoms with van der Waals surface area (Å²) >= 11 is 0. The van der Waals surface area contributed by atoms with Crippen LogP contribution in [0.4, 0.5) is 24.5 Å². The molecular formula is C23H24F3N5O2. The van der Waals surface area contributed by atoms with Gasteiger partial charge in [-0.3, -0.25) is 14.5 Å². The van der Waals surface area contributed by atoms with Crippen LogP contribution in [-0.4, -0.2) is 66.7 Å². The first kappa shape index (κ1) is 22.9. The third-order valence-corrected chi connectivity index (χ3v) is 5.93. The van der Waals surface area contributed by atoms with Gasteiger partial charge in [0, 0.05) is 57.3 Å². The summed E-state index contributed by atoms with van der Waals surface area (Å²) in [7, 11) is 1.45. The van der Waals surface area contributed by atoms with Gasteiger partial charge in [0.15, 0.2) is 5.78 Å². The standard InChI is InChI=1S/C23H24F3N5O2/c1-13(24)21-19(32)11-15-16(28-21)4-3-14(20(15)25)12-30-7-9-31(10-8-30)18-6-5-17(23(33)27-2)29-22(18)26/h3-6,13H,7-12H2,1-2H3,(H,27,33)/t13-/m0/s1. The van der Waals surface area contributed by atoms with Crippen LogP contribution in [0.3, 0.4) is 0 Å². The molecule has 1 aromatic carbocycles. The summed E-state index contributed by atoms with van der Waals surface area (Å²) in [5.41, 5.74) is 1.08. The number of halogens is 3. The predicted molar refractivity (Wildman–Crippen MR) is 118 cm³/mol. The van der Waals surface area contributed by atoms with Crippen LogP contribution in [0.2, 0.25) is 0 Å². The summed E-state index contributed by atoms with van der Waals surface area (Å²) in [6.45, 7) is 3.70. The lowest BCUT2D eigenvalue weighted by Crippen LogP contribution is -2.46. The number of fused-ring (bicyclic) bond motifs is 1. The first-order valence-corrected chi connectivity index (χ1v) is 10.7. The Morgan fingerprint density at radius 1 is 1.15 bits per heavy atom. The number of ketones is 1. The van der Waals surface area contributed by atoms with Gasteiger partial charge < -0.3 is 10.2 Å². The Morgan fingerprint density at radius 2 is 1.88 bits per heavy atom. The van der Waals surface area contributed by atoms with Crippen LogP contribution in [0.5, 0.6) is 0 Å². The zero-order chi connectivity index (χ0) is 23.7. The summed E-state index contributed by atoms with van der Waals surface area (Å²) in [5, 5.41) is 2.41. The van der Waals surface area contributed by atoms with Crippen LogP contribution in [-0.2, 0) is 17.8 Å². The molecule has 2 aliphatic rings. The van der Waals surface area contributed by atoms with Crippen molar-refractivity contribution in [3.05, 3.63) is 52.9 Å². The molecular weight excluding hydrogens is 435 g/mol. The Hall–Kier alpha value is -3.27. The summed E-state index contributed by atoms with van der Waals surface area (Å²) < 4.78 is 43.1. The molecule has 33 heavy (non-hydrogen) atoms. The summed E-state index contributed by atoms with van der Waals surface area (Å²) in [5.74, 6) is -2.16. The number of amides is 1. The number of nitrogens with one attached hydrogen (secondary N) is 1. The van der Waals surface area contributed by atoms with Gasteiger partial charge in [0.05, 0.1) is 11.4 Å². The number of Topliss-reactive ketones (excluding diaryl/α,β-unsaturated/α-hetero) is 1. The number of carbonyl (C=O) groups is 2. The molecule has 1 aromatic heterocycles. The van der Waals surface area contributed by atoms with Crippen molar-refractivity contribution in [2.45, 2.75) is 26.1 Å². The van der Waals surface area contributed by atoms with E-state index in [0.29, 0.717) is 49.7 Å². The molecule has 1 saturated heterocycles. The summed E-state index contributed by atoms with van der Waals surface area (Å²) in [6, 6.07) is 6.25. The van der Waals surface area contributed by atoms with Crippen molar-refractivity contribution in [1.82, 2.24) is 15.2 Å². The molecule has 174 valence electrons. The highest BCUT2D eigenvalue weighted by molar-refractivity contribution is 6.43. The van der Waals surface area contributed by atoms with E-state index in [2.05, 4.69) is 15.3 Å². The molecule has 1 N–H and O–H groups in total. The summed E-state index contributed by atoms with van der Waals surface area (Å²) in [6.07, 6.45) is -1.70. The zero-order valence-electron chi connectivity index (χ0n) is 18.4. The highest BCUT2D eigenvalue weighted by Crippen LogP contribution is 2.31. The van der Waals surface area contributed by atoms with E-state index in [1.165, 1.54) is 26.1 Å². The molecule has 10 heteroatoms. The van der Waals surface area contributed by atoms with Gasteiger partial charge in [-0.15, -0.1) is 0 Å². The van der Waals surface area contributed by atoms with Crippen molar-refractivity contribution in [2.75, 3.05) is 38.1 Å². The Morgan fingerprint density at radius 3 is 2.52 bits per heavy atom. The van der Waals surface area contributed by atoms with Crippen LogP contribution in [0, 0.1) is 11.8 Å². The fourth-order valence-electron chi connectivity index (χ4n) is 4.11. The van der Waals surface area contributed by atoms with Crippen molar-refractivity contribution < 1.29 is 22.8 Å². The Kier molecular flexibility index (Phi) is 6.46. The van der Waals surface area contributed by atoms with E-state index in [0.717, 1.165) is 0 Å². The van der Waals surface area contributed by atoms with E-state index >= 15 is 4.39 Å². The minimum Gasteiger partial charge on any atom is -0.365 e. The van der Waals surface area contributed by atoms with Crippen LogP contribution in [0.1, 0.15) is 28.5 Å². The number of piperazine rings is 1. The van der Waals surface area contributed by atoms with Crippen LogP contribution in [0.25, 0.3) is 0 Å². The van der Waals surface area contributed by atoms with E-state index in [4.69, 9.17) is 0 Å². The van der Waals surface area contributed by atoms with E-state index < -0.39 is 29.6 Å². The van der Waals surface area contributed by atoms with E-state index in [1.807, 2.05) is 9.80 Å². The highest BCUT2D eigenvalue weighted by Gasteiger charge is 2.28. The molecule has 0 radical (unpaired) electrons. The molecule has 0 unspecified atom stereocenters. The fraction of sp³-hybridized carbons (Fsp3) is 0.391. The van der Waals surface area contributed by atoms with Crippen LogP contribution < -0.4 is 10.2 Å². The van der Waals surface area contributed by atoms with E-state index in [9.17, 15) is 18.4 Å². The second-order valence-electron chi connectivity index (χ2n) is 8.10. The smallest absolute Gasteiger partial charge is 0.269 e. The fourth-order valence-corrected chi connectivity index (χ4v) is 4.11. The normalized spacial score (nSPS) is 17.4. The van der Waals surface area contributed by atoms with Gasteiger partial charge >= 0.3 is 0 Å². The number of alkyl halides is 1. The molecule has 0 aliphatic carbocycles. The largest absolute Gasteiger partial charge is 0.365 e. The molecule has 1 amide bonds. The average Bonchev–Trinajstić information content (AvgIpc) is 2.81. The lowest BCUT2D eigenvalue weighted by Gasteiger charge is -2.36. The maximum Gasteiger partial charge on any atom is 0.269 e. The van der Waals surface area contributed by atoms with Crippen molar-refractivity contribution in [3.8, 4) is 0 Å². The Balaban J connectivity index is 1.43. The van der Waals surface area contributed by atoms with Crippen molar-refractivity contribution in [2.24, 2.45) is 4.99 Å². The number of hydrogen-bond donors (Lipinski definition) is 1. The Bertz CT molecular complexity index is 1130. The average molecular weight is 459 g/mol. The van der Waals surface area contributed by atoms with Gasteiger partial charge in [0.2, 0.25) is 5.95 Å². The second kappa shape index (κ2) is 9.30. The van der Waals surface area contributed by atoms with Crippen molar-refractivity contribution in [3.63, 3.8) is 0 Å². The third kappa shape index (κ3) is 4.61. The van der Waals surface area contributed by atoms with Crippen molar-refractivity contribution >= 4 is 28.8 Å². The van der Waals surface area contributed by atoms with Crippen LogP contribution in [0.15, 0.2) is 29.3 Å². The maximum atomic E-state index is 15.1. The number of anilines is 1. The number of pyridine rings is 1. The first-order valence-electron chi connectivity index (χ1n) is 10.7. The molecule has 0 bridgehead atoms. The molecule has 4 rings (SSSR count). The lowest BCUT2D eigenvalue weighted by molar-refractivity contribution is -0.112. The number of nitrogens with zero attached hydrogens (tertiary/aromatic N) is 4. The predicted octanol–water partition coefficient (Wildman–Crippen LogP) is 2.60. The molecule has 7 nitrogen and oxygen atoms in total. The molecule has 3 heterocycles. The number of hydrogen-bond acceptors (Lipinski definition) is 6. The zero-order valence-corrected chi connectivity index (χ0v) is 18.4. The van der Waals surface area contributed by atoms with E-state index in [1.54, 1.807) is 12.1 Å². The van der Waals surface area contributed by atoms with Gasteiger partial charge in [0.1, 0.15) is 23.4 Å². The number of rotatable bonds is 5. The lowest BCUT2D eigenvalue weighted by atomic mass is 9.95. The highest BCUT2D eigenvalue weighted by atomic mass is 19.1. The minimum atomic E-state index is -1.50. The quantitative estimate of drug-likeness (QED) is 0.696. The van der Waals surface area contributed by atoms with Crippen LogP contribution >= 0.6 is 0 Å². The number of benzene rings is 1. The summed E-state index contributed by atoms with van der Waals surface area (Å²) in [4.78, 5) is 35.4. The minimum absolute atomic E-state index is 0.0104. The van der Waals surface area contributed by atoms with Gasteiger partial charge in [0.25, 0.3) is 5.91 Å². The van der Waals surface area contributed by atoms with Gasteiger partial charge in [-0.1, -0.05) is 6.07 Å². The molecule has 0 saturated carbocycles. The van der Waals surface area contributed by atoms with Crippen molar-refractivity contribution in [1.29, 1.82) is 0 Å². The number of carbonyl (C=O) groups excluding carboxylic acids is 2. The van der Waals surface area contributed by atoms with Gasteiger partial charge in [-0.2, -0.15) is 4.39 Å². The maximum absolute atomic E-state index is 15.1.